The van der Waals surface area contributed by atoms with Crippen LogP contribution in [0.3, 0.4) is 0 Å². The van der Waals surface area contributed by atoms with Gasteiger partial charge in [0.1, 0.15) is 55.1 Å². The van der Waals surface area contributed by atoms with Crippen molar-refractivity contribution >= 4 is 70.9 Å². The molecule has 0 heterocycles. The number of anilines is 4. The van der Waals surface area contributed by atoms with Gasteiger partial charge in [0.05, 0.1) is 13.1 Å². The van der Waals surface area contributed by atoms with E-state index in [0.717, 1.165) is 75.1 Å². The normalized spacial score (nSPS) is 11.7. The van der Waals surface area contributed by atoms with E-state index in [4.69, 9.17) is 32.1 Å². The fourth-order valence-electron chi connectivity index (χ4n) is 8.10. The highest BCUT2D eigenvalue weighted by atomic mass is 16.6. The summed E-state index contributed by atoms with van der Waals surface area (Å²) in [6.45, 7) is 34.9. The van der Waals surface area contributed by atoms with Gasteiger partial charge in [0.15, 0.2) is 0 Å². The molecule has 4 rings (SSSR count). The van der Waals surface area contributed by atoms with Crippen LogP contribution in [0.4, 0.5) is 22.7 Å². The van der Waals surface area contributed by atoms with Gasteiger partial charge in [-0.1, -0.05) is 48.5 Å². The molecule has 0 unspecified atom stereocenters. The first kappa shape index (κ1) is 60.4. The number of hydrogen-bond acceptors (Lipinski definition) is 14. The van der Waals surface area contributed by atoms with Crippen LogP contribution in [0.5, 0.6) is 0 Å². The molecule has 4 aromatic carbocycles. The Morgan fingerprint density at radius 1 is 0.416 bits per heavy atom. The monoisotopic (exact) mass is 1040 g/mol. The molecule has 0 aliphatic carbocycles. The minimum Gasteiger partial charge on any atom is -0.470 e. The van der Waals surface area contributed by atoms with Crippen LogP contribution in [0, 0.1) is 41.2 Å². The van der Waals surface area contributed by atoms with E-state index in [1.165, 1.54) is 24.3 Å². The lowest BCUT2D eigenvalue weighted by Gasteiger charge is -2.31. The van der Waals surface area contributed by atoms with Gasteiger partial charge in [-0.15, -0.1) is 0 Å². The number of nitrogens with zero attached hydrogens (tertiary/aromatic N) is 8. The summed E-state index contributed by atoms with van der Waals surface area (Å²) in [5.74, 6) is -4.48. The zero-order chi connectivity index (χ0) is 56.3. The Morgan fingerprint density at radius 2 is 0.636 bits per heavy atom. The van der Waals surface area contributed by atoms with Crippen molar-refractivity contribution in [1.29, 1.82) is 10.5 Å². The zero-order valence-electron chi connectivity index (χ0n) is 45.4. The smallest absolute Gasteiger partial charge is 0.348 e. The number of nitriles is 2. The van der Waals surface area contributed by atoms with E-state index in [1.54, 1.807) is 48.5 Å². The molecule has 0 radical (unpaired) electrons. The van der Waals surface area contributed by atoms with Crippen molar-refractivity contribution in [2.24, 2.45) is 5.41 Å². The highest BCUT2D eigenvalue weighted by Gasteiger charge is 2.39. The SMILES string of the molecule is [C-]#[N+]/C(=C\c1ccc(N(CC)CC)cc1)C(=O)OCC(COC(=O)/C(=C/c1ccc(N(CC)CC)cc1)[N+]#[C-])(COC(=O)/C(C#N)=C/c1ccc(N(CC)CC)cc1)COC(=O)/C(C#N)=C/c1ccc(N(CC)CC)cc1. The van der Waals surface area contributed by atoms with Gasteiger partial charge in [-0.3, -0.25) is 9.59 Å². The predicted octanol–water partition coefficient (Wildman–Crippen LogP) is 10.7. The molecule has 77 heavy (non-hydrogen) atoms. The summed E-state index contributed by atoms with van der Waals surface area (Å²) in [4.78, 5) is 70.9. The maximum Gasteiger partial charge on any atom is 0.348 e. The van der Waals surface area contributed by atoms with Gasteiger partial charge in [0, 0.05) is 75.1 Å². The minimum absolute atomic E-state index is 0.419. The van der Waals surface area contributed by atoms with E-state index in [9.17, 15) is 29.7 Å². The van der Waals surface area contributed by atoms with Crippen LogP contribution in [0.25, 0.3) is 34.0 Å². The Bertz CT molecular complexity index is 2520. The standard InChI is InChI=1S/C61H68N8O8/c1-11-66(12-2)51-27-19-45(20-28-51)35-49(39-62)57(70)74-41-61(42-75-58(71)50(40-63)36-46-21-29-52(30-22-46)67(13-3)14-4,43-76-59(72)55(64-9)37-47-23-31-53(32-24-47)68(15-5)16-6)44-77-60(73)56(65-10)38-48-25-33-54(34-26-48)69(17-7)18-8/h19-38H,11-18,41-44H2,1-8H3/b49-35+,50-36+,55-37-,56-38-. The number of hydrogen-bond donors (Lipinski definition) is 0. The lowest BCUT2D eigenvalue weighted by molar-refractivity contribution is -0.165. The fourth-order valence-corrected chi connectivity index (χ4v) is 8.10. The van der Waals surface area contributed by atoms with Crippen LogP contribution in [0.15, 0.2) is 120 Å². The Hall–Kier alpha value is -9.12. The van der Waals surface area contributed by atoms with E-state index in [1.807, 2.05) is 116 Å². The van der Waals surface area contributed by atoms with Crippen molar-refractivity contribution < 1.29 is 38.1 Å². The number of benzene rings is 4. The fraction of sp³-hybridized carbons (Fsp3) is 0.344. The summed E-state index contributed by atoms with van der Waals surface area (Å²) in [7, 11) is 0. The van der Waals surface area contributed by atoms with Gasteiger partial charge in [0.2, 0.25) is 0 Å². The summed E-state index contributed by atoms with van der Waals surface area (Å²) in [5, 5.41) is 20.4. The van der Waals surface area contributed by atoms with Crippen LogP contribution in [-0.2, 0) is 38.1 Å². The summed E-state index contributed by atoms with van der Waals surface area (Å²) >= 11 is 0. The first-order chi connectivity index (χ1) is 37.2. The molecule has 0 aromatic heterocycles. The van der Waals surface area contributed by atoms with Crippen LogP contribution in [0.2, 0.25) is 0 Å². The van der Waals surface area contributed by atoms with Gasteiger partial charge < -0.3 is 38.5 Å². The molecule has 4 aromatic rings. The van der Waals surface area contributed by atoms with Crippen molar-refractivity contribution in [1.82, 2.24) is 0 Å². The van der Waals surface area contributed by atoms with Gasteiger partial charge in [-0.2, -0.15) is 10.5 Å². The van der Waals surface area contributed by atoms with Crippen molar-refractivity contribution in [3.05, 3.63) is 165 Å². The Labute approximate surface area is 453 Å². The summed E-state index contributed by atoms with van der Waals surface area (Å²) in [6, 6.07) is 32.5. The van der Waals surface area contributed by atoms with Gasteiger partial charge in [-0.25, -0.2) is 19.3 Å². The number of rotatable bonds is 28. The van der Waals surface area contributed by atoms with Gasteiger partial charge in [0.25, 0.3) is 11.4 Å². The maximum atomic E-state index is 13.9. The zero-order valence-corrected chi connectivity index (χ0v) is 45.4. The molecule has 0 aliphatic heterocycles. The van der Waals surface area contributed by atoms with E-state index < -0.39 is 78.3 Å². The predicted molar refractivity (Wildman–Crippen MR) is 303 cm³/mol. The summed E-state index contributed by atoms with van der Waals surface area (Å²) in [6.07, 6.45) is 5.33. The average Bonchev–Trinajstić information content (AvgIpc) is 3.46. The summed E-state index contributed by atoms with van der Waals surface area (Å²) in [5.41, 5.74) is 2.13. The van der Waals surface area contributed by atoms with Gasteiger partial charge >= 0.3 is 23.9 Å². The van der Waals surface area contributed by atoms with Crippen molar-refractivity contribution in [3.8, 4) is 12.1 Å². The maximum absolute atomic E-state index is 13.9. The third-order valence-electron chi connectivity index (χ3n) is 12.7. The Balaban J connectivity index is 1.79. The molecule has 0 N–H and O–H groups in total. The van der Waals surface area contributed by atoms with Crippen molar-refractivity contribution in [2.75, 3.05) is 98.4 Å². The third-order valence-corrected chi connectivity index (χ3v) is 12.7. The molecule has 0 spiro atoms. The number of carbonyl (C=O) groups is 4. The second-order valence-corrected chi connectivity index (χ2v) is 17.5. The molecule has 16 heteroatoms. The van der Waals surface area contributed by atoms with E-state index >= 15 is 0 Å². The van der Waals surface area contributed by atoms with Crippen LogP contribution >= 0.6 is 0 Å². The number of carbonyl (C=O) groups excluding carboxylic acids is 4. The molecule has 0 aliphatic rings. The molecule has 0 bridgehead atoms. The van der Waals surface area contributed by atoms with Crippen LogP contribution < -0.4 is 19.6 Å². The van der Waals surface area contributed by atoms with Crippen molar-refractivity contribution in [2.45, 2.75) is 55.4 Å². The largest absolute Gasteiger partial charge is 0.470 e. The molecule has 0 saturated heterocycles. The highest BCUT2D eigenvalue weighted by Crippen LogP contribution is 2.27. The lowest BCUT2D eigenvalue weighted by atomic mass is 9.92. The van der Waals surface area contributed by atoms with Crippen LogP contribution in [0.1, 0.15) is 77.6 Å². The molecule has 0 saturated carbocycles. The first-order valence-electron chi connectivity index (χ1n) is 25.7. The Morgan fingerprint density at radius 3 is 0.844 bits per heavy atom. The highest BCUT2D eigenvalue weighted by molar-refractivity contribution is 5.99. The average molecular weight is 1040 g/mol. The Kier molecular flexibility index (Phi) is 24.3. The first-order valence-corrected chi connectivity index (χ1v) is 25.7. The van der Waals surface area contributed by atoms with E-state index in [0.29, 0.717) is 22.3 Å². The van der Waals surface area contributed by atoms with E-state index in [2.05, 4.69) is 29.3 Å². The van der Waals surface area contributed by atoms with Crippen LogP contribution in [-0.4, -0.2) is 103 Å². The minimum atomic E-state index is -1.98. The molecule has 16 nitrogen and oxygen atoms in total. The quantitative estimate of drug-likeness (QED) is 0.0173. The lowest BCUT2D eigenvalue weighted by Crippen LogP contribution is -2.44. The number of ether oxygens (including phenoxy) is 4. The second kappa shape index (κ2) is 30.9. The van der Waals surface area contributed by atoms with Crippen molar-refractivity contribution in [3.63, 3.8) is 0 Å². The van der Waals surface area contributed by atoms with E-state index in [-0.39, 0.29) is 0 Å². The molecule has 400 valence electrons. The molecular weight excluding hydrogens is 973 g/mol. The number of esters is 4. The summed E-state index contributed by atoms with van der Waals surface area (Å²) < 4.78 is 23.1. The molecular formula is C61H68N8O8. The molecule has 0 amide bonds. The van der Waals surface area contributed by atoms with Gasteiger partial charge in [-0.05, 0) is 150 Å². The molecule has 0 fully saturated rings. The third kappa shape index (κ3) is 17.5. The molecule has 0 atom stereocenters. The second-order valence-electron chi connectivity index (χ2n) is 17.5. The topological polar surface area (TPSA) is 174 Å².